The summed E-state index contributed by atoms with van der Waals surface area (Å²) in [7, 11) is -2.16. The Kier molecular flexibility index (Phi) is 5.08. The lowest BCUT2D eigenvalue weighted by molar-refractivity contribution is 0.0938. The lowest BCUT2D eigenvalue weighted by Crippen LogP contribution is -2.33. The summed E-state index contributed by atoms with van der Waals surface area (Å²) in [6.07, 6.45) is 4.30. The molecule has 0 unspecified atom stereocenters. The molecule has 25 heavy (non-hydrogen) atoms. The molecule has 0 aromatic heterocycles. The summed E-state index contributed by atoms with van der Waals surface area (Å²) >= 11 is 0. The Balaban J connectivity index is 1.82. The van der Waals surface area contributed by atoms with Gasteiger partial charge in [0.15, 0.2) is 0 Å². The van der Waals surface area contributed by atoms with Crippen molar-refractivity contribution in [3.8, 4) is 0 Å². The van der Waals surface area contributed by atoms with E-state index in [9.17, 15) is 13.2 Å². The first-order valence-corrected chi connectivity index (χ1v) is 9.87. The van der Waals surface area contributed by atoms with Crippen LogP contribution < -0.4 is 9.62 Å². The number of hydrogen-bond acceptors (Lipinski definition) is 3. The Morgan fingerprint density at radius 3 is 2.40 bits per heavy atom. The molecule has 0 saturated heterocycles. The number of nitrogens with zero attached hydrogens (tertiary/aromatic N) is 1. The smallest absolute Gasteiger partial charge is 0.264 e. The van der Waals surface area contributed by atoms with Gasteiger partial charge in [0.1, 0.15) is 0 Å². The van der Waals surface area contributed by atoms with E-state index >= 15 is 0 Å². The fourth-order valence-electron chi connectivity index (χ4n) is 3.07. The number of anilines is 1. The fraction of sp³-hybridized carbons (Fsp3) is 0.316. The van der Waals surface area contributed by atoms with Gasteiger partial charge in [0.25, 0.3) is 15.9 Å². The van der Waals surface area contributed by atoms with Crippen molar-refractivity contribution in [2.24, 2.45) is 0 Å². The van der Waals surface area contributed by atoms with Crippen LogP contribution in [-0.2, 0) is 10.0 Å². The van der Waals surface area contributed by atoms with E-state index in [2.05, 4.69) is 5.32 Å². The maximum absolute atomic E-state index is 12.7. The highest BCUT2D eigenvalue weighted by Gasteiger charge is 2.22. The molecule has 3 rings (SSSR count). The maximum Gasteiger partial charge on any atom is 0.264 e. The highest BCUT2D eigenvalue weighted by atomic mass is 32.2. The van der Waals surface area contributed by atoms with Crippen molar-refractivity contribution in [2.75, 3.05) is 11.4 Å². The SMILES string of the molecule is CN(c1cccc(C(=O)NC2CCCC2)c1)S(=O)(=O)c1ccccc1. The van der Waals surface area contributed by atoms with Crippen molar-refractivity contribution < 1.29 is 13.2 Å². The number of carbonyl (C=O) groups is 1. The van der Waals surface area contributed by atoms with Crippen LogP contribution in [0.4, 0.5) is 5.69 Å². The predicted molar refractivity (Wildman–Crippen MR) is 98.2 cm³/mol. The van der Waals surface area contributed by atoms with E-state index in [1.165, 1.54) is 11.4 Å². The minimum Gasteiger partial charge on any atom is -0.349 e. The molecule has 0 spiro atoms. The molecule has 5 nitrogen and oxygen atoms in total. The quantitative estimate of drug-likeness (QED) is 0.893. The highest BCUT2D eigenvalue weighted by Crippen LogP contribution is 2.23. The molecule has 0 radical (unpaired) electrons. The lowest BCUT2D eigenvalue weighted by atomic mass is 10.1. The highest BCUT2D eigenvalue weighted by molar-refractivity contribution is 7.92. The van der Waals surface area contributed by atoms with Crippen LogP contribution in [-0.4, -0.2) is 27.4 Å². The van der Waals surface area contributed by atoms with E-state index in [4.69, 9.17) is 0 Å². The molecule has 2 aromatic rings. The average molecular weight is 358 g/mol. The number of benzene rings is 2. The topological polar surface area (TPSA) is 66.5 Å². The first-order valence-electron chi connectivity index (χ1n) is 8.43. The zero-order valence-electron chi connectivity index (χ0n) is 14.2. The molecule has 132 valence electrons. The monoisotopic (exact) mass is 358 g/mol. The second kappa shape index (κ2) is 7.27. The van der Waals surface area contributed by atoms with Gasteiger partial charge in [0, 0.05) is 18.7 Å². The summed E-state index contributed by atoms with van der Waals surface area (Å²) in [6.45, 7) is 0. The molecule has 0 aliphatic heterocycles. The van der Waals surface area contributed by atoms with Gasteiger partial charge < -0.3 is 5.32 Å². The number of sulfonamides is 1. The molecule has 0 heterocycles. The predicted octanol–water partition coefficient (Wildman–Crippen LogP) is 3.18. The number of carbonyl (C=O) groups excluding carboxylic acids is 1. The van der Waals surface area contributed by atoms with Gasteiger partial charge in [-0.1, -0.05) is 37.1 Å². The van der Waals surface area contributed by atoms with Gasteiger partial charge in [-0.15, -0.1) is 0 Å². The molecule has 1 N–H and O–H groups in total. The molecule has 1 aliphatic carbocycles. The summed E-state index contributed by atoms with van der Waals surface area (Å²) in [4.78, 5) is 12.6. The van der Waals surface area contributed by atoms with Gasteiger partial charge in [-0.3, -0.25) is 9.10 Å². The summed E-state index contributed by atoms with van der Waals surface area (Å²) in [6, 6.07) is 15.2. The van der Waals surface area contributed by atoms with Crippen molar-refractivity contribution in [1.29, 1.82) is 0 Å². The van der Waals surface area contributed by atoms with Gasteiger partial charge in [0.2, 0.25) is 0 Å². The summed E-state index contributed by atoms with van der Waals surface area (Å²) in [5, 5.41) is 3.02. The van der Waals surface area contributed by atoms with Crippen molar-refractivity contribution in [3.05, 3.63) is 60.2 Å². The molecule has 1 fully saturated rings. The minimum atomic E-state index is -3.66. The van der Waals surface area contributed by atoms with Crippen LogP contribution in [0.2, 0.25) is 0 Å². The molecule has 2 aromatic carbocycles. The van der Waals surface area contributed by atoms with Crippen LogP contribution in [0.3, 0.4) is 0 Å². The molecular formula is C19H22N2O3S. The third-order valence-electron chi connectivity index (χ3n) is 4.56. The second-order valence-electron chi connectivity index (χ2n) is 6.29. The van der Waals surface area contributed by atoms with Crippen LogP contribution in [0.25, 0.3) is 0 Å². The fourth-order valence-corrected chi connectivity index (χ4v) is 4.28. The third kappa shape index (κ3) is 3.85. The van der Waals surface area contributed by atoms with Crippen molar-refractivity contribution >= 4 is 21.6 Å². The number of rotatable bonds is 5. The van der Waals surface area contributed by atoms with E-state index < -0.39 is 10.0 Å². The first-order chi connectivity index (χ1) is 12.0. The van der Waals surface area contributed by atoms with E-state index in [0.29, 0.717) is 11.3 Å². The van der Waals surface area contributed by atoms with Crippen molar-refractivity contribution in [2.45, 2.75) is 36.6 Å². The zero-order valence-corrected chi connectivity index (χ0v) is 15.0. The Labute approximate surface area is 148 Å². The van der Waals surface area contributed by atoms with Crippen molar-refractivity contribution in [1.82, 2.24) is 5.32 Å². The van der Waals surface area contributed by atoms with Gasteiger partial charge >= 0.3 is 0 Å². The van der Waals surface area contributed by atoms with Gasteiger partial charge in [-0.2, -0.15) is 0 Å². The second-order valence-corrected chi connectivity index (χ2v) is 8.26. The van der Waals surface area contributed by atoms with Gasteiger partial charge in [-0.25, -0.2) is 8.42 Å². The van der Waals surface area contributed by atoms with Crippen LogP contribution in [0.15, 0.2) is 59.5 Å². The van der Waals surface area contributed by atoms with Gasteiger partial charge in [0.05, 0.1) is 10.6 Å². The van der Waals surface area contributed by atoms with Gasteiger partial charge in [-0.05, 0) is 43.2 Å². The Morgan fingerprint density at radius 1 is 1.04 bits per heavy atom. The standard InChI is InChI=1S/C19H22N2O3S/c1-21(25(23,24)18-12-3-2-4-13-18)17-11-7-8-15(14-17)19(22)20-16-9-5-6-10-16/h2-4,7-8,11-14,16H,5-6,9-10H2,1H3,(H,20,22). The first kappa shape index (κ1) is 17.5. The molecule has 6 heteroatoms. The molecule has 0 atom stereocenters. The maximum atomic E-state index is 12.7. The Morgan fingerprint density at radius 2 is 1.72 bits per heavy atom. The Bertz CT molecular complexity index is 844. The van der Waals surface area contributed by atoms with Crippen LogP contribution in [0.5, 0.6) is 0 Å². The molecule has 0 bridgehead atoms. The largest absolute Gasteiger partial charge is 0.349 e. The molecule has 1 saturated carbocycles. The number of nitrogens with one attached hydrogen (secondary N) is 1. The minimum absolute atomic E-state index is 0.153. The zero-order chi connectivity index (χ0) is 17.9. The van der Waals surface area contributed by atoms with Crippen molar-refractivity contribution in [3.63, 3.8) is 0 Å². The van der Waals surface area contributed by atoms with E-state index in [0.717, 1.165) is 25.7 Å². The van der Waals surface area contributed by atoms with Crippen LogP contribution in [0, 0.1) is 0 Å². The van der Waals surface area contributed by atoms with E-state index in [1.807, 2.05) is 0 Å². The summed E-state index contributed by atoms with van der Waals surface area (Å²) < 4.78 is 26.6. The lowest BCUT2D eigenvalue weighted by Gasteiger charge is -2.20. The normalized spacial score (nSPS) is 15.1. The van der Waals surface area contributed by atoms with E-state index in [-0.39, 0.29) is 16.8 Å². The Hall–Kier alpha value is -2.34. The molecule has 1 aliphatic rings. The van der Waals surface area contributed by atoms with Crippen LogP contribution in [0.1, 0.15) is 36.0 Å². The summed E-state index contributed by atoms with van der Waals surface area (Å²) in [5.41, 5.74) is 0.933. The molecular weight excluding hydrogens is 336 g/mol. The third-order valence-corrected chi connectivity index (χ3v) is 6.36. The van der Waals surface area contributed by atoms with E-state index in [1.54, 1.807) is 54.6 Å². The number of amides is 1. The average Bonchev–Trinajstić information content (AvgIpc) is 3.15. The van der Waals surface area contributed by atoms with Crippen LogP contribution >= 0.6 is 0 Å². The number of hydrogen-bond donors (Lipinski definition) is 1. The molecule has 1 amide bonds. The summed E-state index contributed by atoms with van der Waals surface area (Å²) in [5.74, 6) is -0.153.